The smallest absolute Gasteiger partial charge is 0.0596 e. The molecule has 3 heteroatoms. The van der Waals surface area contributed by atoms with Gasteiger partial charge in [0.05, 0.1) is 5.69 Å². The summed E-state index contributed by atoms with van der Waals surface area (Å²) >= 11 is 0. The highest BCUT2D eigenvalue weighted by molar-refractivity contribution is 5.06. The molecular weight excluding hydrogens is 186 g/mol. The van der Waals surface area contributed by atoms with Gasteiger partial charge in [-0.3, -0.25) is 4.68 Å². The summed E-state index contributed by atoms with van der Waals surface area (Å²) in [6.45, 7) is 10.7. The first-order chi connectivity index (χ1) is 7.13. The van der Waals surface area contributed by atoms with Crippen molar-refractivity contribution in [2.75, 3.05) is 6.54 Å². The number of nitrogens with zero attached hydrogens (tertiary/aromatic N) is 2. The number of nitrogens with one attached hydrogen (secondary N) is 1. The van der Waals surface area contributed by atoms with Gasteiger partial charge in [0.15, 0.2) is 0 Å². The Kier molecular flexibility index (Phi) is 4.82. The standard InChI is InChI=1S/C12H23N3/c1-5-7-13-10(2)6-8-15-12(4)9-11(3)14-15/h9-10,13H,5-8H2,1-4H3. The van der Waals surface area contributed by atoms with Gasteiger partial charge in [0.25, 0.3) is 0 Å². The van der Waals surface area contributed by atoms with Crippen molar-refractivity contribution in [2.24, 2.45) is 0 Å². The average molecular weight is 209 g/mol. The Morgan fingerprint density at radius 1 is 1.47 bits per heavy atom. The van der Waals surface area contributed by atoms with E-state index in [9.17, 15) is 0 Å². The maximum atomic E-state index is 4.45. The minimum Gasteiger partial charge on any atom is -0.314 e. The first kappa shape index (κ1) is 12.2. The molecule has 0 fully saturated rings. The van der Waals surface area contributed by atoms with Gasteiger partial charge in [0.2, 0.25) is 0 Å². The van der Waals surface area contributed by atoms with E-state index in [1.54, 1.807) is 0 Å². The van der Waals surface area contributed by atoms with Crippen LogP contribution < -0.4 is 5.32 Å². The zero-order valence-corrected chi connectivity index (χ0v) is 10.4. The van der Waals surface area contributed by atoms with Crippen LogP contribution in [0.2, 0.25) is 0 Å². The lowest BCUT2D eigenvalue weighted by Crippen LogP contribution is -2.28. The summed E-state index contributed by atoms with van der Waals surface area (Å²) in [7, 11) is 0. The van der Waals surface area contributed by atoms with Gasteiger partial charge < -0.3 is 5.32 Å². The highest BCUT2D eigenvalue weighted by Gasteiger charge is 2.04. The van der Waals surface area contributed by atoms with Gasteiger partial charge in [0.1, 0.15) is 0 Å². The third kappa shape index (κ3) is 4.04. The van der Waals surface area contributed by atoms with E-state index < -0.39 is 0 Å². The third-order valence-electron chi connectivity index (χ3n) is 2.62. The van der Waals surface area contributed by atoms with Crippen LogP contribution in [0.15, 0.2) is 6.07 Å². The molecule has 1 heterocycles. The molecule has 0 amide bonds. The molecule has 0 bridgehead atoms. The Labute approximate surface area is 92.9 Å². The maximum absolute atomic E-state index is 4.45. The van der Waals surface area contributed by atoms with Gasteiger partial charge in [-0.2, -0.15) is 5.10 Å². The Bertz CT molecular complexity index is 291. The first-order valence-electron chi connectivity index (χ1n) is 5.88. The van der Waals surface area contributed by atoms with Gasteiger partial charge in [-0.05, 0) is 46.2 Å². The van der Waals surface area contributed by atoms with E-state index in [1.165, 1.54) is 12.1 Å². The second-order valence-corrected chi connectivity index (χ2v) is 4.29. The van der Waals surface area contributed by atoms with Crippen LogP contribution in [0.5, 0.6) is 0 Å². The molecular formula is C12H23N3. The van der Waals surface area contributed by atoms with Gasteiger partial charge in [-0.1, -0.05) is 6.92 Å². The van der Waals surface area contributed by atoms with Crippen LogP contribution in [-0.4, -0.2) is 22.4 Å². The molecule has 0 aliphatic rings. The molecule has 0 radical (unpaired) electrons. The Balaban J connectivity index is 2.33. The molecule has 0 spiro atoms. The largest absolute Gasteiger partial charge is 0.314 e. The van der Waals surface area contributed by atoms with Gasteiger partial charge >= 0.3 is 0 Å². The van der Waals surface area contributed by atoms with Crippen molar-refractivity contribution in [3.63, 3.8) is 0 Å². The van der Waals surface area contributed by atoms with E-state index >= 15 is 0 Å². The zero-order chi connectivity index (χ0) is 11.3. The fourth-order valence-electron chi connectivity index (χ4n) is 1.71. The molecule has 0 saturated heterocycles. The summed E-state index contributed by atoms with van der Waals surface area (Å²) in [5, 5.41) is 7.94. The molecule has 1 unspecified atom stereocenters. The van der Waals surface area contributed by atoms with Gasteiger partial charge in [-0.25, -0.2) is 0 Å². The molecule has 86 valence electrons. The summed E-state index contributed by atoms with van der Waals surface area (Å²) < 4.78 is 2.10. The third-order valence-corrected chi connectivity index (χ3v) is 2.62. The second kappa shape index (κ2) is 5.91. The predicted octanol–water partition coefficient (Wildman–Crippen LogP) is 2.28. The molecule has 3 nitrogen and oxygen atoms in total. The summed E-state index contributed by atoms with van der Waals surface area (Å²) in [4.78, 5) is 0. The molecule has 0 aliphatic carbocycles. The van der Waals surface area contributed by atoms with E-state index in [2.05, 4.69) is 41.9 Å². The quantitative estimate of drug-likeness (QED) is 0.779. The summed E-state index contributed by atoms with van der Waals surface area (Å²) in [5.41, 5.74) is 2.37. The SMILES string of the molecule is CCCNC(C)CCn1nc(C)cc1C. The van der Waals surface area contributed by atoms with Crippen LogP contribution in [-0.2, 0) is 6.54 Å². The number of aryl methyl sites for hydroxylation is 3. The summed E-state index contributed by atoms with van der Waals surface area (Å²) in [6.07, 6.45) is 2.34. The van der Waals surface area contributed by atoms with E-state index in [-0.39, 0.29) is 0 Å². The van der Waals surface area contributed by atoms with Crippen LogP contribution >= 0.6 is 0 Å². The van der Waals surface area contributed by atoms with Crippen molar-refractivity contribution in [3.05, 3.63) is 17.5 Å². The molecule has 0 saturated carbocycles. The molecule has 0 aromatic carbocycles. The predicted molar refractivity (Wildman–Crippen MR) is 64.1 cm³/mol. The molecule has 15 heavy (non-hydrogen) atoms. The highest BCUT2D eigenvalue weighted by atomic mass is 15.3. The van der Waals surface area contributed by atoms with Crippen molar-refractivity contribution >= 4 is 0 Å². The molecule has 1 rings (SSSR count). The fraction of sp³-hybridized carbons (Fsp3) is 0.750. The van der Waals surface area contributed by atoms with E-state index in [1.807, 2.05) is 6.92 Å². The first-order valence-corrected chi connectivity index (χ1v) is 5.88. The molecule has 1 N–H and O–H groups in total. The van der Waals surface area contributed by atoms with Crippen LogP contribution in [0.4, 0.5) is 0 Å². The zero-order valence-electron chi connectivity index (χ0n) is 10.4. The van der Waals surface area contributed by atoms with Crippen LogP contribution in [0.25, 0.3) is 0 Å². The number of aromatic nitrogens is 2. The van der Waals surface area contributed by atoms with Gasteiger partial charge in [0, 0.05) is 18.3 Å². The number of hydrogen-bond donors (Lipinski definition) is 1. The molecule has 1 atom stereocenters. The average Bonchev–Trinajstić information content (AvgIpc) is 2.51. The van der Waals surface area contributed by atoms with Crippen LogP contribution in [0, 0.1) is 13.8 Å². The van der Waals surface area contributed by atoms with Crippen molar-refractivity contribution in [1.29, 1.82) is 0 Å². The van der Waals surface area contributed by atoms with Crippen LogP contribution in [0.1, 0.15) is 38.1 Å². The number of rotatable bonds is 6. The van der Waals surface area contributed by atoms with Crippen molar-refractivity contribution in [1.82, 2.24) is 15.1 Å². The Hall–Kier alpha value is -0.830. The van der Waals surface area contributed by atoms with Crippen molar-refractivity contribution in [2.45, 2.75) is 53.1 Å². The highest BCUT2D eigenvalue weighted by Crippen LogP contribution is 2.04. The molecule has 0 aliphatic heterocycles. The second-order valence-electron chi connectivity index (χ2n) is 4.29. The van der Waals surface area contributed by atoms with Crippen molar-refractivity contribution in [3.8, 4) is 0 Å². The Morgan fingerprint density at radius 2 is 2.20 bits per heavy atom. The molecule has 1 aromatic heterocycles. The maximum Gasteiger partial charge on any atom is 0.0596 e. The lowest BCUT2D eigenvalue weighted by Gasteiger charge is -2.13. The van der Waals surface area contributed by atoms with E-state index in [0.717, 1.165) is 25.2 Å². The normalized spacial score (nSPS) is 13.1. The monoisotopic (exact) mass is 209 g/mol. The van der Waals surface area contributed by atoms with Gasteiger partial charge in [-0.15, -0.1) is 0 Å². The minimum atomic E-state index is 0.578. The Morgan fingerprint density at radius 3 is 2.73 bits per heavy atom. The number of hydrogen-bond acceptors (Lipinski definition) is 2. The summed E-state index contributed by atoms with van der Waals surface area (Å²) in [6, 6.07) is 2.71. The minimum absolute atomic E-state index is 0.578. The summed E-state index contributed by atoms with van der Waals surface area (Å²) in [5.74, 6) is 0. The lowest BCUT2D eigenvalue weighted by molar-refractivity contribution is 0.454. The van der Waals surface area contributed by atoms with E-state index in [4.69, 9.17) is 0 Å². The molecule has 1 aromatic rings. The van der Waals surface area contributed by atoms with E-state index in [0.29, 0.717) is 6.04 Å². The topological polar surface area (TPSA) is 29.9 Å². The van der Waals surface area contributed by atoms with Crippen molar-refractivity contribution < 1.29 is 0 Å². The van der Waals surface area contributed by atoms with Crippen LogP contribution in [0.3, 0.4) is 0 Å². The lowest BCUT2D eigenvalue weighted by atomic mass is 10.2. The fourth-order valence-corrected chi connectivity index (χ4v) is 1.71.